The molecule has 4 N–H and O–H groups in total. The third kappa shape index (κ3) is 4.47. The maximum absolute atomic E-state index is 11.8. The van der Waals surface area contributed by atoms with Gasteiger partial charge in [0.15, 0.2) is 0 Å². The first-order valence-electron chi connectivity index (χ1n) is 6.67. The highest BCUT2D eigenvalue weighted by Crippen LogP contribution is 2.13. The van der Waals surface area contributed by atoms with Crippen molar-refractivity contribution in [2.24, 2.45) is 5.73 Å². The van der Waals surface area contributed by atoms with E-state index in [0.29, 0.717) is 30.4 Å². The number of ether oxygens (including phenoxy) is 1. The van der Waals surface area contributed by atoms with Gasteiger partial charge in [0.05, 0.1) is 18.5 Å². The fourth-order valence-electron chi connectivity index (χ4n) is 1.71. The van der Waals surface area contributed by atoms with Crippen LogP contribution in [0.3, 0.4) is 0 Å². The number of hydrogen-bond donors (Lipinski definition) is 3. The monoisotopic (exact) mass is 286 g/mol. The molecular formula is C15H18N4O2. The summed E-state index contributed by atoms with van der Waals surface area (Å²) in [6.45, 7) is 2.92. The second-order valence-corrected chi connectivity index (χ2v) is 4.30. The molecule has 0 atom stereocenters. The average molecular weight is 286 g/mol. The number of carbonyl (C=O) groups excluding carboxylic acids is 1. The van der Waals surface area contributed by atoms with Gasteiger partial charge >= 0.3 is 6.03 Å². The first-order valence-corrected chi connectivity index (χ1v) is 6.67. The van der Waals surface area contributed by atoms with Gasteiger partial charge in [-0.1, -0.05) is 12.1 Å². The van der Waals surface area contributed by atoms with Crippen LogP contribution in [0.1, 0.15) is 12.5 Å². The number of amides is 2. The van der Waals surface area contributed by atoms with Crippen LogP contribution in [-0.4, -0.2) is 17.6 Å². The summed E-state index contributed by atoms with van der Waals surface area (Å²) in [4.78, 5) is 15.9. The molecule has 6 nitrogen and oxygen atoms in total. The van der Waals surface area contributed by atoms with Gasteiger partial charge in [0.1, 0.15) is 0 Å². The molecule has 1 aromatic heterocycles. The SMILES string of the molecule is CCOc1ccc(NC(=O)Nc2ccc(CN)cc2)cn1. The van der Waals surface area contributed by atoms with Crippen LogP contribution in [0.15, 0.2) is 42.6 Å². The number of rotatable bonds is 5. The lowest BCUT2D eigenvalue weighted by Crippen LogP contribution is -2.19. The molecule has 0 aliphatic heterocycles. The molecule has 2 rings (SSSR count). The summed E-state index contributed by atoms with van der Waals surface area (Å²) in [5.74, 6) is 0.529. The number of nitrogens with two attached hydrogens (primary N) is 1. The van der Waals surface area contributed by atoms with Crippen molar-refractivity contribution >= 4 is 17.4 Å². The Bertz CT molecular complexity index is 582. The minimum atomic E-state index is -0.332. The number of pyridine rings is 1. The Morgan fingerprint density at radius 1 is 1.14 bits per heavy atom. The Labute approximate surface area is 123 Å². The summed E-state index contributed by atoms with van der Waals surface area (Å²) in [6, 6.07) is 10.4. The molecular weight excluding hydrogens is 268 g/mol. The molecule has 21 heavy (non-hydrogen) atoms. The molecule has 0 aliphatic rings. The Balaban J connectivity index is 1.91. The van der Waals surface area contributed by atoms with E-state index in [9.17, 15) is 4.79 Å². The number of hydrogen-bond acceptors (Lipinski definition) is 4. The van der Waals surface area contributed by atoms with Crippen LogP contribution in [-0.2, 0) is 6.54 Å². The van der Waals surface area contributed by atoms with Crippen LogP contribution < -0.4 is 21.1 Å². The number of nitrogens with zero attached hydrogens (tertiary/aromatic N) is 1. The van der Waals surface area contributed by atoms with Gasteiger partial charge in [0.2, 0.25) is 5.88 Å². The molecule has 0 aliphatic carbocycles. The standard InChI is InChI=1S/C15H18N4O2/c1-2-21-14-8-7-13(10-17-14)19-15(20)18-12-5-3-11(9-16)4-6-12/h3-8,10H,2,9,16H2,1H3,(H2,18,19,20). The predicted octanol–water partition coefficient (Wildman–Crippen LogP) is 2.58. The first kappa shape index (κ1) is 14.8. The van der Waals surface area contributed by atoms with Gasteiger partial charge in [0.25, 0.3) is 0 Å². The first-order chi connectivity index (χ1) is 10.2. The number of nitrogens with one attached hydrogen (secondary N) is 2. The zero-order valence-corrected chi connectivity index (χ0v) is 11.8. The van der Waals surface area contributed by atoms with E-state index in [1.54, 1.807) is 30.5 Å². The zero-order valence-electron chi connectivity index (χ0n) is 11.8. The van der Waals surface area contributed by atoms with Gasteiger partial charge in [-0.2, -0.15) is 0 Å². The smallest absolute Gasteiger partial charge is 0.323 e. The van der Waals surface area contributed by atoms with E-state index in [-0.39, 0.29) is 6.03 Å². The van der Waals surface area contributed by atoms with Crippen molar-refractivity contribution in [1.29, 1.82) is 0 Å². The van der Waals surface area contributed by atoms with Gasteiger partial charge in [-0.05, 0) is 30.7 Å². The molecule has 0 fully saturated rings. The third-order valence-corrected chi connectivity index (χ3v) is 2.73. The Kier molecular flexibility index (Phi) is 5.11. The summed E-state index contributed by atoms with van der Waals surface area (Å²) >= 11 is 0. The predicted molar refractivity (Wildman–Crippen MR) is 82.4 cm³/mol. The number of urea groups is 1. The molecule has 0 saturated heterocycles. The molecule has 0 saturated carbocycles. The van der Waals surface area contributed by atoms with E-state index in [4.69, 9.17) is 10.5 Å². The fraction of sp³-hybridized carbons (Fsp3) is 0.200. The molecule has 0 bridgehead atoms. The van der Waals surface area contributed by atoms with Crippen molar-refractivity contribution in [3.8, 4) is 5.88 Å². The van der Waals surface area contributed by atoms with Gasteiger partial charge in [0, 0.05) is 18.3 Å². The topological polar surface area (TPSA) is 89.3 Å². The van der Waals surface area contributed by atoms with E-state index >= 15 is 0 Å². The van der Waals surface area contributed by atoms with E-state index in [0.717, 1.165) is 5.56 Å². The molecule has 1 aromatic carbocycles. The van der Waals surface area contributed by atoms with Gasteiger partial charge < -0.3 is 21.1 Å². The van der Waals surface area contributed by atoms with E-state index in [1.807, 2.05) is 19.1 Å². The van der Waals surface area contributed by atoms with Crippen molar-refractivity contribution in [3.63, 3.8) is 0 Å². The van der Waals surface area contributed by atoms with Crippen LogP contribution in [0.5, 0.6) is 5.88 Å². The lowest BCUT2D eigenvalue weighted by Gasteiger charge is -2.08. The van der Waals surface area contributed by atoms with Gasteiger partial charge in [-0.3, -0.25) is 0 Å². The second kappa shape index (κ2) is 7.25. The van der Waals surface area contributed by atoms with Crippen LogP contribution in [0, 0.1) is 0 Å². The summed E-state index contributed by atoms with van der Waals surface area (Å²) in [6.07, 6.45) is 1.54. The van der Waals surface area contributed by atoms with Gasteiger partial charge in [-0.25, -0.2) is 9.78 Å². The van der Waals surface area contributed by atoms with Crippen molar-refractivity contribution in [2.45, 2.75) is 13.5 Å². The lowest BCUT2D eigenvalue weighted by atomic mass is 10.2. The Morgan fingerprint density at radius 2 is 1.81 bits per heavy atom. The van der Waals surface area contributed by atoms with Gasteiger partial charge in [-0.15, -0.1) is 0 Å². The van der Waals surface area contributed by atoms with Crippen molar-refractivity contribution < 1.29 is 9.53 Å². The third-order valence-electron chi connectivity index (χ3n) is 2.73. The van der Waals surface area contributed by atoms with E-state index in [2.05, 4.69) is 15.6 Å². The maximum Gasteiger partial charge on any atom is 0.323 e. The molecule has 6 heteroatoms. The molecule has 110 valence electrons. The summed E-state index contributed by atoms with van der Waals surface area (Å²) in [7, 11) is 0. The number of benzene rings is 1. The molecule has 2 amide bonds. The van der Waals surface area contributed by atoms with E-state index < -0.39 is 0 Å². The zero-order chi connectivity index (χ0) is 15.1. The lowest BCUT2D eigenvalue weighted by molar-refractivity contribution is 0.262. The van der Waals surface area contributed by atoms with Crippen LogP contribution in [0.25, 0.3) is 0 Å². The maximum atomic E-state index is 11.8. The largest absolute Gasteiger partial charge is 0.478 e. The highest BCUT2D eigenvalue weighted by molar-refractivity contribution is 5.99. The fourth-order valence-corrected chi connectivity index (χ4v) is 1.71. The second-order valence-electron chi connectivity index (χ2n) is 4.30. The minimum Gasteiger partial charge on any atom is -0.478 e. The highest BCUT2D eigenvalue weighted by atomic mass is 16.5. The molecule has 1 heterocycles. The van der Waals surface area contributed by atoms with Crippen molar-refractivity contribution in [1.82, 2.24) is 4.98 Å². The van der Waals surface area contributed by atoms with Crippen LogP contribution in [0.2, 0.25) is 0 Å². The van der Waals surface area contributed by atoms with Crippen LogP contribution >= 0.6 is 0 Å². The molecule has 0 spiro atoms. The molecule has 0 unspecified atom stereocenters. The van der Waals surface area contributed by atoms with Crippen molar-refractivity contribution in [3.05, 3.63) is 48.2 Å². The summed E-state index contributed by atoms with van der Waals surface area (Å²) in [5.41, 5.74) is 7.82. The van der Waals surface area contributed by atoms with E-state index in [1.165, 1.54) is 0 Å². The Morgan fingerprint density at radius 3 is 2.38 bits per heavy atom. The highest BCUT2D eigenvalue weighted by Gasteiger charge is 2.03. The number of carbonyl (C=O) groups is 1. The number of aromatic nitrogens is 1. The van der Waals surface area contributed by atoms with Crippen molar-refractivity contribution in [2.75, 3.05) is 17.2 Å². The summed E-state index contributed by atoms with van der Waals surface area (Å²) in [5, 5.41) is 5.43. The Hall–Kier alpha value is -2.60. The minimum absolute atomic E-state index is 0.332. The summed E-state index contributed by atoms with van der Waals surface area (Å²) < 4.78 is 5.23. The normalized spacial score (nSPS) is 10.0. The molecule has 0 radical (unpaired) electrons. The molecule has 2 aromatic rings. The van der Waals surface area contributed by atoms with Crippen LogP contribution in [0.4, 0.5) is 16.2 Å². The number of anilines is 2. The quantitative estimate of drug-likeness (QED) is 0.788. The average Bonchev–Trinajstić information content (AvgIpc) is 2.50.